The Morgan fingerprint density at radius 1 is 1.07 bits per heavy atom. The lowest BCUT2D eigenvalue weighted by Crippen LogP contribution is -2.14. The van der Waals surface area contributed by atoms with E-state index < -0.39 is 15.8 Å². The van der Waals surface area contributed by atoms with Crippen LogP contribution in [0.15, 0.2) is 65.8 Å². The number of benzene rings is 2. The van der Waals surface area contributed by atoms with Gasteiger partial charge in [-0.2, -0.15) is 0 Å². The van der Waals surface area contributed by atoms with Crippen molar-refractivity contribution in [3.05, 3.63) is 66.7 Å². The van der Waals surface area contributed by atoms with E-state index in [4.69, 9.17) is 9.47 Å². The highest BCUT2D eigenvalue weighted by atomic mass is 32.2. The highest BCUT2D eigenvalue weighted by molar-refractivity contribution is 7.92. The number of aromatic nitrogens is 2. The van der Waals surface area contributed by atoms with E-state index in [1.165, 1.54) is 24.5 Å². The quantitative estimate of drug-likeness (QED) is 0.664. The standard InChI is InChI=1S/C18H16FN3O4S/c1-2-25-17-9-8-15(10-16(17)19)27(23,24)22-13-11-20-18(21-12-13)26-14-6-4-3-5-7-14/h3-12,22H,2H2,1H3. The monoisotopic (exact) mass is 389 g/mol. The molecule has 3 aromatic rings. The number of halogens is 1. The Balaban J connectivity index is 1.73. The SMILES string of the molecule is CCOc1ccc(S(=O)(=O)Nc2cnc(Oc3ccccc3)nc2)cc1F. The highest BCUT2D eigenvalue weighted by Crippen LogP contribution is 2.23. The van der Waals surface area contributed by atoms with Crippen molar-refractivity contribution >= 4 is 15.7 Å². The first kappa shape index (κ1) is 18.6. The number of rotatable bonds is 7. The van der Waals surface area contributed by atoms with Gasteiger partial charge in [-0.15, -0.1) is 0 Å². The van der Waals surface area contributed by atoms with Crippen molar-refractivity contribution in [3.8, 4) is 17.5 Å². The van der Waals surface area contributed by atoms with E-state index in [1.807, 2.05) is 6.07 Å². The van der Waals surface area contributed by atoms with E-state index in [1.54, 1.807) is 31.2 Å². The maximum atomic E-state index is 13.9. The summed E-state index contributed by atoms with van der Waals surface area (Å²) in [5.74, 6) is -0.222. The molecule has 9 heteroatoms. The van der Waals surface area contributed by atoms with Gasteiger partial charge in [0, 0.05) is 0 Å². The van der Waals surface area contributed by atoms with Crippen LogP contribution in [0.1, 0.15) is 6.92 Å². The van der Waals surface area contributed by atoms with Crippen LogP contribution in [-0.2, 0) is 10.0 Å². The molecular formula is C18H16FN3O4S. The molecule has 0 aliphatic heterocycles. The second-order valence-corrected chi connectivity index (χ2v) is 6.98. The topological polar surface area (TPSA) is 90.4 Å². The van der Waals surface area contributed by atoms with Crippen molar-refractivity contribution in [2.45, 2.75) is 11.8 Å². The maximum Gasteiger partial charge on any atom is 0.322 e. The predicted octanol–water partition coefficient (Wildman–Crippen LogP) is 3.61. The van der Waals surface area contributed by atoms with Crippen LogP contribution in [0, 0.1) is 5.82 Å². The summed E-state index contributed by atoms with van der Waals surface area (Å²) in [4.78, 5) is 7.66. The minimum Gasteiger partial charge on any atom is -0.491 e. The van der Waals surface area contributed by atoms with Gasteiger partial charge in [-0.25, -0.2) is 22.8 Å². The molecule has 0 unspecified atom stereocenters. The van der Waals surface area contributed by atoms with Crippen LogP contribution >= 0.6 is 0 Å². The molecule has 0 aliphatic carbocycles. The molecule has 3 rings (SSSR count). The Morgan fingerprint density at radius 2 is 1.78 bits per heavy atom. The number of para-hydroxylation sites is 1. The maximum absolute atomic E-state index is 13.9. The zero-order chi connectivity index (χ0) is 19.3. The number of hydrogen-bond acceptors (Lipinski definition) is 6. The van der Waals surface area contributed by atoms with E-state index in [2.05, 4.69) is 14.7 Å². The summed E-state index contributed by atoms with van der Waals surface area (Å²) in [6.07, 6.45) is 2.52. The second kappa shape index (κ2) is 8.00. The molecule has 0 amide bonds. The van der Waals surface area contributed by atoms with E-state index >= 15 is 0 Å². The molecule has 0 atom stereocenters. The third kappa shape index (κ3) is 4.70. The fourth-order valence-electron chi connectivity index (χ4n) is 2.15. The molecule has 0 bridgehead atoms. The zero-order valence-corrected chi connectivity index (χ0v) is 15.1. The van der Waals surface area contributed by atoms with Gasteiger partial charge in [-0.05, 0) is 37.3 Å². The van der Waals surface area contributed by atoms with Gasteiger partial charge < -0.3 is 9.47 Å². The number of nitrogens with one attached hydrogen (secondary N) is 1. The van der Waals surface area contributed by atoms with Crippen LogP contribution in [0.3, 0.4) is 0 Å². The van der Waals surface area contributed by atoms with Crippen molar-refractivity contribution in [2.24, 2.45) is 0 Å². The minimum atomic E-state index is -4.01. The molecule has 0 spiro atoms. The van der Waals surface area contributed by atoms with Crippen molar-refractivity contribution in [2.75, 3.05) is 11.3 Å². The van der Waals surface area contributed by atoms with Gasteiger partial charge in [-0.1, -0.05) is 18.2 Å². The predicted molar refractivity (Wildman–Crippen MR) is 96.9 cm³/mol. The molecule has 0 aliphatic rings. The molecule has 27 heavy (non-hydrogen) atoms. The van der Waals surface area contributed by atoms with Gasteiger partial charge in [0.05, 0.1) is 29.6 Å². The summed E-state index contributed by atoms with van der Waals surface area (Å²) in [6, 6.07) is 12.4. The van der Waals surface area contributed by atoms with Gasteiger partial charge in [-0.3, -0.25) is 4.72 Å². The van der Waals surface area contributed by atoms with Crippen LogP contribution in [0.4, 0.5) is 10.1 Å². The fraction of sp³-hybridized carbons (Fsp3) is 0.111. The summed E-state index contributed by atoms with van der Waals surface area (Å²) in [7, 11) is -4.01. The number of sulfonamides is 1. The average molecular weight is 389 g/mol. The third-order valence-electron chi connectivity index (χ3n) is 3.35. The molecule has 1 N–H and O–H groups in total. The van der Waals surface area contributed by atoms with Gasteiger partial charge in [0.25, 0.3) is 10.0 Å². The van der Waals surface area contributed by atoms with E-state index in [-0.39, 0.29) is 28.9 Å². The molecular weight excluding hydrogens is 373 g/mol. The number of nitrogens with zero attached hydrogens (tertiary/aromatic N) is 2. The molecule has 1 aromatic heterocycles. The lowest BCUT2D eigenvalue weighted by atomic mass is 10.3. The normalized spacial score (nSPS) is 11.0. The minimum absolute atomic E-state index is 0.0119. The first-order chi connectivity index (χ1) is 13.0. The Labute approximate surface area is 155 Å². The zero-order valence-electron chi connectivity index (χ0n) is 14.3. The fourth-order valence-corrected chi connectivity index (χ4v) is 3.19. The molecule has 7 nitrogen and oxygen atoms in total. The Hall–Kier alpha value is -3.20. The van der Waals surface area contributed by atoms with Gasteiger partial charge >= 0.3 is 6.01 Å². The smallest absolute Gasteiger partial charge is 0.322 e. The largest absolute Gasteiger partial charge is 0.491 e. The van der Waals surface area contributed by atoms with Gasteiger partial charge in [0.1, 0.15) is 5.75 Å². The van der Waals surface area contributed by atoms with Crippen molar-refractivity contribution in [1.82, 2.24) is 9.97 Å². The summed E-state index contributed by atoms with van der Waals surface area (Å²) < 4.78 is 51.5. The van der Waals surface area contributed by atoms with Crippen LogP contribution in [-0.4, -0.2) is 25.0 Å². The molecule has 2 aromatic carbocycles. The molecule has 0 fully saturated rings. The van der Waals surface area contributed by atoms with E-state index in [9.17, 15) is 12.8 Å². The van der Waals surface area contributed by atoms with Crippen molar-refractivity contribution in [3.63, 3.8) is 0 Å². The first-order valence-corrected chi connectivity index (χ1v) is 9.46. The Bertz CT molecular complexity index is 1010. The molecule has 0 saturated carbocycles. The van der Waals surface area contributed by atoms with Crippen LogP contribution in [0.25, 0.3) is 0 Å². The number of anilines is 1. The Kier molecular flexibility index (Phi) is 5.51. The Morgan fingerprint density at radius 3 is 2.41 bits per heavy atom. The molecule has 1 heterocycles. The van der Waals surface area contributed by atoms with Crippen LogP contribution in [0.2, 0.25) is 0 Å². The first-order valence-electron chi connectivity index (χ1n) is 7.98. The van der Waals surface area contributed by atoms with Crippen molar-refractivity contribution in [1.29, 1.82) is 0 Å². The lowest BCUT2D eigenvalue weighted by molar-refractivity contribution is 0.321. The van der Waals surface area contributed by atoms with E-state index in [0.717, 1.165) is 6.07 Å². The van der Waals surface area contributed by atoms with E-state index in [0.29, 0.717) is 5.75 Å². The number of hydrogen-bond donors (Lipinski definition) is 1. The molecule has 140 valence electrons. The van der Waals surface area contributed by atoms with Crippen molar-refractivity contribution < 1.29 is 22.3 Å². The average Bonchev–Trinajstić information content (AvgIpc) is 2.66. The summed E-state index contributed by atoms with van der Waals surface area (Å²) in [5.41, 5.74) is 0.115. The summed E-state index contributed by atoms with van der Waals surface area (Å²) >= 11 is 0. The molecule has 0 radical (unpaired) electrons. The van der Waals surface area contributed by atoms with Gasteiger partial charge in [0.15, 0.2) is 11.6 Å². The molecule has 0 saturated heterocycles. The third-order valence-corrected chi connectivity index (χ3v) is 4.73. The van der Waals surface area contributed by atoms with Crippen LogP contribution < -0.4 is 14.2 Å². The highest BCUT2D eigenvalue weighted by Gasteiger charge is 2.17. The van der Waals surface area contributed by atoms with Crippen LogP contribution in [0.5, 0.6) is 17.5 Å². The summed E-state index contributed by atoms with van der Waals surface area (Å²) in [5, 5.41) is 0. The number of ether oxygens (including phenoxy) is 2. The summed E-state index contributed by atoms with van der Waals surface area (Å²) in [6.45, 7) is 1.98. The lowest BCUT2D eigenvalue weighted by Gasteiger charge is -2.10. The van der Waals surface area contributed by atoms with Gasteiger partial charge in [0.2, 0.25) is 0 Å². The second-order valence-electron chi connectivity index (χ2n) is 5.30.